The van der Waals surface area contributed by atoms with E-state index in [0.29, 0.717) is 17.9 Å². The summed E-state index contributed by atoms with van der Waals surface area (Å²) < 4.78 is 13.4. The molecule has 0 radical (unpaired) electrons. The molecule has 1 atom stereocenters. The Morgan fingerprint density at radius 3 is 2.71 bits per heavy atom. The average molecular weight is 233 g/mol. The Bertz CT molecular complexity index is 421. The number of benzene rings is 1. The summed E-state index contributed by atoms with van der Waals surface area (Å²) in [6, 6.07) is 5.38. The van der Waals surface area contributed by atoms with Crippen molar-refractivity contribution in [1.29, 1.82) is 0 Å². The Balaban J connectivity index is 2.10. The van der Waals surface area contributed by atoms with Crippen molar-refractivity contribution in [3.63, 3.8) is 0 Å². The fourth-order valence-corrected chi connectivity index (χ4v) is 3.91. The van der Waals surface area contributed by atoms with Crippen LogP contribution in [0.15, 0.2) is 18.2 Å². The third-order valence-electron chi connectivity index (χ3n) is 4.84. The minimum absolute atomic E-state index is 0.114. The lowest BCUT2D eigenvalue weighted by Crippen LogP contribution is -2.32. The second-order valence-corrected chi connectivity index (χ2v) is 5.69. The first kappa shape index (κ1) is 11.2. The summed E-state index contributed by atoms with van der Waals surface area (Å²) in [5, 5.41) is 0. The van der Waals surface area contributed by atoms with Crippen LogP contribution in [0.4, 0.5) is 4.39 Å². The number of rotatable bonds is 1. The van der Waals surface area contributed by atoms with Gasteiger partial charge >= 0.3 is 0 Å². The highest BCUT2D eigenvalue weighted by molar-refractivity contribution is 5.40. The second-order valence-electron chi connectivity index (χ2n) is 5.69. The van der Waals surface area contributed by atoms with Crippen molar-refractivity contribution < 1.29 is 4.39 Å². The molecular formula is C15H20FN. The molecule has 2 heteroatoms. The summed E-state index contributed by atoms with van der Waals surface area (Å²) in [6.45, 7) is 0.645. The Morgan fingerprint density at radius 2 is 2.00 bits per heavy atom. The number of halogens is 1. The molecule has 3 rings (SSSR count). The summed E-state index contributed by atoms with van der Waals surface area (Å²) in [7, 11) is 0. The van der Waals surface area contributed by atoms with Crippen molar-refractivity contribution in [3.8, 4) is 0 Å². The first-order chi connectivity index (χ1) is 8.25. The van der Waals surface area contributed by atoms with Crippen molar-refractivity contribution in [3.05, 3.63) is 35.1 Å². The zero-order chi connectivity index (χ0) is 11.9. The Kier molecular flexibility index (Phi) is 2.70. The van der Waals surface area contributed by atoms with Crippen LogP contribution in [0.25, 0.3) is 0 Å². The first-order valence-electron chi connectivity index (χ1n) is 6.75. The summed E-state index contributed by atoms with van der Waals surface area (Å²) in [5.41, 5.74) is 8.78. The van der Waals surface area contributed by atoms with Crippen LogP contribution >= 0.6 is 0 Å². The number of hydrogen-bond donors (Lipinski definition) is 1. The Morgan fingerprint density at radius 1 is 1.24 bits per heavy atom. The summed E-state index contributed by atoms with van der Waals surface area (Å²) in [6.07, 6.45) is 7.58. The van der Waals surface area contributed by atoms with Crippen molar-refractivity contribution in [1.82, 2.24) is 0 Å². The van der Waals surface area contributed by atoms with Crippen LogP contribution in [-0.2, 0) is 5.41 Å². The van der Waals surface area contributed by atoms with Gasteiger partial charge in [0, 0.05) is 0 Å². The fourth-order valence-electron chi connectivity index (χ4n) is 3.91. The smallest absolute Gasteiger partial charge is 0.123 e. The molecule has 1 saturated carbocycles. The Hall–Kier alpha value is -0.890. The predicted molar refractivity (Wildman–Crippen MR) is 67.6 cm³/mol. The van der Waals surface area contributed by atoms with Gasteiger partial charge in [0.2, 0.25) is 0 Å². The molecule has 17 heavy (non-hydrogen) atoms. The van der Waals surface area contributed by atoms with Gasteiger partial charge in [-0.25, -0.2) is 4.39 Å². The molecule has 1 aromatic rings. The van der Waals surface area contributed by atoms with Crippen molar-refractivity contribution in [2.75, 3.05) is 6.54 Å². The van der Waals surface area contributed by atoms with Crippen LogP contribution in [-0.4, -0.2) is 6.54 Å². The van der Waals surface area contributed by atoms with Crippen molar-refractivity contribution in [2.45, 2.75) is 49.9 Å². The molecule has 2 aliphatic carbocycles. The van der Waals surface area contributed by atoms with Gasteiger partial charge in [0.1, 0.15) is 5.82 Å². The second kappa shape index (κ2) is 4.09. The Labute approximate surface area is 102 Å². The van der Waals surface area contributed by atoms with Gasteiger partial charge in [0.15, 0.2) is 0 Å². The van der Waals surface area contributed by atoms with Gasteiger partial charge in [0.05, 0.1) is 0 Å². The van der Waals surface area contributed by atoms with Gasteiger partial charge in [0.25, 0.3) is 0 Å². The van der Waals surface area contributed by atoms with Crippen LogP contribution in [0.3, 0.4) is 0 Å². The molecule has 1 aromatic carbocycles. The van der Waals surface area contributed by atoms with Gasteiger partial charge in [-0.2, -0.15) is 0 Å². The van der Waals surface area contributed by atoms with E-state index < -0.39 is 0 Å². The topological polar surface area (TPSA) is 26.0 Å². The molecule has 92 valence electrons. The van der Waals surface area contributed by atoms with E-state index in [1.54, 1.807) is 12.1 Å². The van der Waals surface area contributed by atoms with Gasteiger partial charge in [-0.15, -0.1) is 0 Å². The largest absolute Gasteiger partial charge is 0.330 e. The molecular weight excluding hydrogens is 213 g/mol. The van der Waals surface area contributed by atoms with E-state index in [1.165, 1.54) is 43.2 Å². The van der Waals surface area contributed by atoms with Gasteiger partial charge in [-0.05, 0) is 66.8 Å². The standard InChI is InChI=1S/C15H20FN/c16-12-3-4-14-13(9-12)11(10-17)5-8-15(14)6-1-2-7-15/h3-4,9,11H,1-2,5-8,10,17H2. The highest BCUT2D eigenvalue weighted by Gasteiger charge is 2.41. The maximum atomic E-state index is 13.4. The lowest BCUT2D eigenvalue weighted by atomic mass is 9.65. The quantitative estimate of drug-likeness (QED) is 0.789. The lowest BCUT2D eigenvalue weighted by Gasteiger charge is -2.39. The summed E-state index contributed by atoms with van der Waals surface area (Å²) >= 11 is 0. The fraction of sp³-hybridized carbons (Fsp3) is 0.600. The molecule has 0 saturated heterocycles. The maximum absolute atomic E-state index is 13.4. The number of nitrogens with two attached hydrogens (primary N) is 1. The zero-order valence-corrected chi connectivity index (χ0v) is 10.2. The van der Waals surface area contributed by atoms with E-state index in [1.807, 2.05) is 6.07 Å². The van der Waals surface area contributed by atoms with E-state index in [9.17, 15) is 4.39 Å². The zero-order valence-electron chi connectivity index (χ0n) is 10.2. The van der Waals surface area contributed by atoms with Gasteiger partial charge in [-0.3, -0.25) is 0 Å². The van der Waals surface area contributed by atoms with Gasteiger partial charge in [-0.1, -0.05) is 18.9 Å². The molecule has 0 aromatic heterocycles. The molecule has 2 aliphatic rings. The van der Waals surface area contributed by atoms with Crippen LogP contribution in [0.5, 0.6) is 0 Å². The van der Waals surface area contributed by atoms with Crippen molar-refractivity contribution >= 4 is 0 Å². The third kappa shape index (κ3) is 1.70. The number of hydrogen-bond acceptors (Lipinski definition) is 1. The molecule has 1 spiro atoms. The highest BCUT2D eigenvalue weighted by Crippen LogP contribution is 2.51. The van der Waals surface area contributed by atoms with Crippen LogP contribution < -0.4 is 5.73 Å². The normalized spacial score (nSPS) is 26.1. The predicted octanol–water partition coefficient (Wildman–Crippen LogP) is 3.47. The van der Waals surface area contributed by atoms with Crippen LogP contribution in [0, 0.1) is 5.82 Å². The van der Waals surface area contributed by atoms with Crippen molar-refractivity contribution in [2.24, 2.45) is 5.73 Å². The molecule has 0 amide bonds. The monoisotopic (exact) mass is 233 g/mol. The minimum atomic E-state index is -0.114. The molecule has 1 fully saturated rings. The van der Waals surface area contributed by atoms with E-state index in [0.717, 1.165) is 6.42 Å². The summed E-state index contributed by atoms with van der Waals surface area (Å²) in [5.74, 6) is 0.254. The molecule has 0 bridgehead atoms. The van der Waals surface area contributed by atoms with E-state index in [2.05, 4.69) is 0 Å². The summed E-state index contributed by atoms with van der Waals surface area (Å²) in [4.78, 5) is 0. The molecule has 0 aliphatic heterocycles. The van der Waals surface area contributed by atoms with Crippen LogP contribution in [0.1, 0.15) is 55.6 Å². The van der Waals surface area contributed by atoms with Gasteiger partial charge < -0.3 is 5.73 Å². The van der Waals surface area contributed by atoms with E-state index in [4.69, 9.17) is 5.73 Å². The van der Waals surface area contributed by atoms with Crippen LogP contribution in [0.2, 0.25) is 0 Å². The minimum Gasteiger partial charge on any atom is -0.330 e. The first-order valence-corrected chi connectivity index (χ1v) is 6.75. The van der Waals surface area contributed by atoms with E-state index in [-0.39, 0.29) is 5.82 Å². The average Bonchev–Trinajstić information content (AvgIpc) is 2.79. The SMILES string of the molecule is NCC1CCC2(CCCC2)c2ccc(F)cc21. The maximum Gasteiger partial charge on any atom is 0.123 e. The molecule has 0 heterocycles. The third-order valence-corrected chi connectivity index (χ3v) is 4.84. The number of fused-ring (bicyclic) bond motifs is 2. The molecule has 1 unspecified atom stereocenters. The lowest BCUT2D eigenvalue weighted by molar-refractivity contribution is 0.342. The molecule has 2 N–H and O–H groups in total. The highest BCUT2D eigenvalue weighted by atomic mass is 19.1. The van der Waals surface area contributed by atoms with E-state index >= 15 is 0 Å². The molecule has 1 nitrogen and oxygen atoms in total.